The second-order valence-electron chi connectivity index (χ2n) is 4.93. The second-order valence-corrected chi connectivity index (χ2v) is 5.71. The first-order valence-electron chi connectivity index (χ1n) is 6.52. The highest BCUT2D eigenvalue weighted by Gasteiger charge is 2.16. The van der Waals surface area contributed by atoms with Gasteiger partial charge in [0.15, 0.2) is 0 Å². The van der Waals surface area contributed by atoms with Crippen molar-refractivity contribution in [2.45, 2.75) is 6.54 Å². The van der Waals surface area contributed by atoms with Crippen LogP contribution in [0.1, 0.15) is 5.56 Å². The highest BCUT2D eigenvalue weighted by Crippen LogP contribution is 2.31. The van der Waals surface area contributed by atoms with Gasteiger partial charge >= 0.3 is 0 Å². The maximum atomic E-state index is 11.2. The lowest BCUT2D eigenvalue weighted by Crippen LogP contribution is -2.11. The van der Waals surface area contributed by atoms with Crippen molar-refractivity contribution in [2.75, 3.05) is 24.3 Å². The Morgan fingerprint density at radius 1 is 1.23 bits per heavy atom. The molecular formula is C15H15Cl2N3O2. The molecule has 0 atom stereocenters. The number of nitrogens with zero attached hydrogens (tertiary/aromatic N) is 2. The Bertz CT molecular complexity index is 705. The van der Waals surface area contributed by atoms with E-state index < -0.39 is 0 Å². The van der Waals surface area contributed by atoms with Gasteiger partial charge in [-0.25, -0.2) is 0 Å². The summed E-state index contributed by atoms with van der Waals surface area (Å²) in [5.41, 5.74) is 2.11. The molecule has 0 aliphatic carbocycles. The van der Waals surface area contributed by atoms with Gasteiger partial charge in [0.25, 0.3) is 5.69 Å². The van der Waals surface area contributed by atoms with Crippen LogP contribution < -0.4 is 10.2 Å². The van der Waals surface area contributed by atoms with Gasteiger partial charge in [-0.05, 0) is 23.8 Å². The molecular weight excluding hydrogens is 325 g/mol. The fraction of sp³-hybridized carbons (Fsp3) is 0.200. The van der Waals surface area contributed by atoms with E-state index in [0.717, 1.165) is 5.56 Å². The Balaban J connectivity index is 2.22. The highest BCUT2D eigenvalue weighted by molar-refractivity contribution is 6.43. The lowest BCUT2D eigenvalue weighted by Gasteiger charge is -2.14. The zero-order valence-corrected chi connectivity index (χ0v) is 13.6. The Morgan fingerprint density at radius 2 is 1.95 bits per heavy atom. The van der Waals surface area contributed by atoms with Crippen LogP contribution in [0.5, 0.6) is 0 Å². The SMILES string of the molecule is CN(C)c1ccc(CNc2cccc(Cl)c2Cl)cc1[N+](=O)[O-]. The number of nitrogens with one attached hydrogen (secondary N) is 1. The summed E-state index contributed by atoms with van der Waals surface area (Å²) in [7, 11) is 3.54. The van der Waals surface area contributed by atoms with Crippen LogP contribution in [0.2, 0.25) is 10.0 Å². The molecule has 7 heteroatoms. The molecule has 5 nitrogen and oxygen atoms in total. The number of rotatable bonds is 5. The largest absolute Gasteiger partial charge is 0.380 e. The highest BCUT2D eigenvalue weighted by atomic mass is 35.5. The van der Waals surface area contributed by atoms with Crippen LogP contribution in [-0.2, 0) is 6.54 Å². The molecule has 0 fully saturated rings. The zero-order chi connectivity index (χ0) is 16.3. The Labute approximate surface area is 138 Å². The summed E-state index contributed by atoms with van der Waals surface area (Å²) in [6, 6.07) is 10.4. The summed E-state index contributed by atoms with van der Waals surface area (Å²) in [6.45, 7) is 0.411. The van der Waals surface area contributed by atoms with Crippen molar-refractivity contribution in [3.8, 4) is 0 Å². The summed E-state index contributed by atoms with van der Waals surface area (Å²) < 4.78 is 0. The van der Waals surface area contributed by atoms with Gasteiger partial charge in [-0.2, -0.15) is 0 Å². The molecule has 0 bridgehead atoms. The average Bonchev–Trinajstić information content (AvgIpc) is 2.48. The molecule has 2 aromatic carbocycles. The van der Waals surface area contributed by atoms with Gasteiger partial charge in [0.1, 0.15) is 5.69 Å². The van der Waals surface area contributed by atoms with Crippen molar-refractivity contribution in [3.63, 3.8) is 0 Å². The van der Waals surface area contributed by atoms with Crippen LogP contribution in [0.4, 0.5) is 17.1 Å². The van der Waals surface area contributed by atoms with Crippen molar-refractivity contribution < 1.29 is 4.92 Å². The van der Waals surface area contributed by atoms with Gasteiger partial charge in [0.2, 0.25) is 0 Å². The van der Waals surface area contributed by atoms with Crippen LogP contribution in [0.3, 0.4) is 0 Å². The van der Waals surface area contributed by atoms with E-state index in [9.17, 15) is 10.1 Å². The van der Waals surface area contributed by atoms with Crippen LogP contribution >= 0.6 is 23.2 Å². The normalized spacial score (nSPS) is 10.4. The summed E-state index contributed by atoms with van der Waals surface area (Å²) in [5, 5.41) is 15.2. The van der Waals surface area contributed by atoms with Gasteiger partial charge in [0, 0.05) is 26.7 Å². The number of hydrogen-bond acceptors (Lipinski definition) is 4. The molecule has 0 unspecified atom stereocenters. The lowest BCUT2D eigenvalue weighted by atomic mass is 10.1. The van der Waals surface area contributed by atoms with Crippen molar-refractivity contribution in [1.29, 1.82) is 0 Å². The Hall–Kier alpha value is -1.98. The molecule has 1 N–H and O–H groups in total. The minimum Gasteiger partial charge on any atom is -0.380 e. The monoisotopic (exact) mass is 339 g/mol. The fourth-order valence-corrected chi connectivity index (χ4v) is 2.41. The summed E-state index contributed by atoms with van der Waals surface area (Å²) in [6.07, 6.45) is 0. The number of nitro benzene ring substituents is 1. The number of anilines is 2. The van der Waals surface area contributed by atoms with E-state index in [2.05, 4.69) is 5.32 Å². The maximum Gasteiger partial charge on any atom is 0.292 e. The first-order valence-corrected chi connectivity index (χ1v) is 7.28. The van der Waals surface area contributed by atoms with E-state index >= 15 is 0 Å². The molecule has 22 heavy (non-hydrogen) atoms. The molecule has 2 aromatic rings. The minimum atomic E-state index is -0.384. The lowest BCUT2D eigenvalue weighted by molar-refractivity contribution is -0.384. The molecule has 0 saturated heterocycles. The Kier molecular flexibility index (Phi) is 5.11. The molecule has 0 saturated carbocycles. The van der Waals surface area contributed by atoms with E-state index in [4.69, 9.17) is 23.2 Å². The number of benzene rings is 2. The minimum absolute atomic E-state index is 0.0708. The summed E-state index contributed by atoms with van der Waals surface area (Å²) in [4.78, 5) is 12.5. The van der Waals surface area contributed by atoms with Crippen LogP contribution in [0, 0.1) is 10.1 Å². The van der Waals surface area contributed by atoms with Crippen molar-refractivity contribution in [3.05, 3.63) is 62.1 Å². The number of hydrogen-bond donors (Lipinski definition) is 1. The Morgan fingerprint density at radius 3 is 2.59 bits per heavy atom. The third-order valence-corrected chi connectivity index (χ3v) is 3.97. The molecule has 0 amide bonds. The van der Waals surface area contributed by atoms with Gasteiger partial charge in [-0.15, -0.1) is 0 Å². The molecule has 0 aliphatic heterocycles. The molecule has 0 aromatic heterocycles. The third-order valence-electron chi connectivity index (χ3n) is 3.15. The molecule has 0 radical (unpaired) electrons. The van der Waals surface area contributed by atoms with Crippen LogP contribution in [-0.4, -0.2) is 19.0 Å². The summed E-state index contributed by atoms with van der Waals surface area (Å²) >= 11 is 12.0. The standard InChI is InChI=1S/C15H15Cl2N3O2/c1-19(2)13-7-6-10(8-14(13)20(21)22)9-18-12-5-3-4-11(16)15(12)17/h3-8,18H,9H2,1-2H3. The van der Waals surface area contributed by atoms with E-state index in [1.54, 1.807) is 49.3 Å². The van der Waals surface area contributed by atoms with Gasteiger partial charge in [-0.1, -0.05) is 35.3 Å². The van der Waals surface area contributed by atoms with Crippen molar-refractivity contribution in [2.24, 2.45) is 0 Å². The first-order chi connectivity index (χ1) is 10.4. The van der Waals surface area contributed by atoms with Gasteiger partial charge < -0.3 is 10.2 Å². The molecule has 116 valence electrons. The van der Waals surface area contributed by atoms with Crippen LogP contribution in [0.15, 0.2) is 36.4 Å². The van der Waals surface area contributed by atoms with Gasteiger partial charge in [0.05, 0.1) is 20.7 Å². The van der Waals surface area contributed by atoms with Gasteiger partial charge in [-0.3, -0.25) is 10.1 Å². The predicted octanol–water partition coefficient (Wildman–Crippen LogP) is 4.58. The van der Waals surface area contributed by atoms with E-state index in [-0.39, 0.29) is 10.6 Å². The number of halogens is 2. The fourth-order valence-electron chi connectivity index (χ4n) is 2.04. The topological polar surface area (TPSA) is 58.4 Å². The zero-order valence-electron chi connectivity index (χ0n) is 12.1. The molecule has 0 spiro atoms. The van der Waals surface area contributed by atoms with Crippen molar-refractivity contribution in [1.82, 2.24) is 0 Å². The smallest absolute Gasteiger partial charge is 0.292 e. The maximum absolute atomic E-state index is 11.2. The van der Waals surface area contributed by atoms with E-state index in [0.29, 0.717) is 28.0 Å². The average molecular weight is 340 g/mol. The number of nitro groups is 1. The molecule has 0 aliphatic rings. The van der Waals surface area contributed by atoms with Crippen molar-refractivity contribution >= 4 is 40.3 Å². The first kappa shape index (κ1) is 16.4. The van der Waals surface area contributed by atoms with E-state index in [1.807, 2.05) is 6.07 Å². The van der Waals surface area contributed by atoms with Crippen LogP contribution in [0.25, 0.3) is 0 Å². The molecule has 2 rings (SSSR count). The summed E-state index contributed by atoms with van der Waals surface area (Å²) in [5.74, 6) is 0. The third kappa shape index (κ3) is 3.61. The quantitative estimate of drug-likeness (QED) is 0.639. The second kappa shape index (κ2) is 6.85. The van der Waals surface area contributed by atoms with E-state index in [1.165, 1.54) is 0 Å². The molecule has 0 heterocycles. The predicted molar refractivity (Wildman–Crippen MR) is 91.2 cm³/mol.